The summed E-state index contributed by atoms with van der Waals surface area (Å²) in [7, 11) is 1.39. The number of benzene rings is 1. The number of fused-ring (bicyclic) bond motifs is 1. The van der Waals surface area contributed by atoms with Crippen LogP contribution in [0.25, 0.3) is 11.0 Å². The van der Waals surface area contributed by atoms with Gasteiger partial charge in [-0.3, -0.25) is 0 Å². The van der Waals surface area contributed by atoms with Crippen LogP contribution in [0.4, 0.5) is 10.5 Å². The van der Waals surface area contributed by atoms with E-state index >= 15 is 0 Å². The molecule has 1 aliphatic rings. The molecule has 0 spiro atoms. The highest BCUT2D eigenvalue weighted by Crippen LogP contribution is 2.20. The second-order valence-corrected chi connectivity index (χ2v) is 4.75. The summed E-state index contributed by atoms with van der Waals surface area (Å²) in [5.41, 5.74) is 2.43. The molecule has 0 saturated carbocycles. The van der Waals surface area contributed by atoms with Crippen LogP contribution in [0.3, 0.4) is 0 Å². The Morgan fingerprint density at radius 2 is 1.85 bits per heavy atom. The summed E-state index contributed by atoms with van der Waals surface area (Å²) >= 11 is 0. The average molecular weight is 276 g/mol. The molecule has 0 aliphatic carbocycles. The highest BCUT2D eigenvalue weighted by Gasteiger charge is 2.21. The molecule has 0 radical (unpaired) electrons. The maximum atomic E-state index is 11.4. The third-order valence-electron chi connectivity index (χ3n) is 3.58. The van der Waals surface area contributed by atoms with Gasteiger partial charge in [-0.15, -0.1) is 0 Å². The molecule has 1 fully saturated rings. The molecule has 3 rings (SSSR count). The maximum Gasteiger partial charge on any atom is 0.409 e. The van der Waals surface area contributed by atoms with Crippen molar-refractivity contribution >= 4 is 22.8 Å². The van der Waals surface area contributed by atoms with Crippen LogP contribution in [0.1, 0.15) is 0 Å². The number of ether oxygens (including phenoxy) is 1. The van der Waals surface area contributed by atoms with Crippen molar-refractivity contribution in [3.63, 3.8) is 0 Å². The van der Waals surface area contributed by atoms with Crippen molar-refractivity contribution in [3.05, 3.63) is 28.7 Å². The van der Waals surface area contributed by atoms with Crippen LogP contribution in [0.5, 0.6) is 0 Å². The number of nitrogens with zero attached hydrogens (tertiary/aromatic N) is 2. The number of carbonyl (C=O) groups is 1. The number of aromatic amines is 2. The summed E-state index contributed by atoms with van der Waals surface area (Å²) < 4.78 is 4.72. The van der Waals surface area contributed by atoms with Crippen molar-refractivity contribution in [1.82, 2.24) is 14.9 Å². The number of hydrogen-bond donors (Lipinski definition) is 2. The third kappa shape index (κ3) is 2.22. The number of carbonyl (C=O) groups excluding carboxylic acids is 1. The Kier molecular flexibility index (Phi) is 3.09. The molecular weight excluding hydrogens is 260 g/mol. The van der Waals surface area contributed by atoms with Gasteiger partial charge in [-0.1, -0.05) is 0 Å². The van der Waals surface area contributed by atoms with E-state index in [1.807, 2.05) is 18.2 Å². The Hall–Kier alpha value is -2.44. The number of aromatic nitrogens is 2. The van der Waals surface area contributed by atoms with E-state index in [0.717, 1.165) is 29.8 Å². The van der Waals surface area contributed by atoms with Crippen LogP contribution >= 0.6 is 0 Å². The number of H-pyrrole nitrogens is 2. The lowest BCUT2D eigenvalue weighted by Crippen LogP contribution is -2.48. The van der Waals surface area contributed by atoms with Gasteiger partial charge in [0.1, 0.15) is 0 Å². The largest absolute Gasteiger partial charge is 0.453 e. The Morgan fingerprint density at radius 1 is 1.15 bits per heavy atom. The van der Waals surface area contributed by atoms with Gasteiger partial charge in [0.05, 0.1) is 18.1 Å². The van der Waals surface area contributed by atoms with Gasteiger partial charge in [-0.2, -0.15) is 0 Å². The molecule has 1 aromatic carbocycles. The van der Waals surface area contributed by atoms with E-state index in [0.29, 0.717) is 13.1 Å². The van der Waals surface area contributed by atoms with Crippen molar-refractivity contribution in [1.29, 1.82) is 0 Å². The summed E-state index contributed by atoms with van der Waals surface area (Å²) in [6.07, 6.45) is -0.282. The van der Waals surface area contributed by atoms with Crippen LogP contribution in [0.2, 0.25) is 0 Å². The second-order valence-electron chi connectivity index (χ2n) is 4.75. The van der Waals surface area contributed by atoms with Gasteiger partial charge in [-0.05, 0) is 18.2 Å². The van der Waals surface area contributed by atoms with E-state index in [1.165, 1.54) is 7.11 Å². The molecule has 1 aromatic heterocycles. The zero-order chi connectivity index (χ0) is 14.1. The second kappa shape index (κ2) is 4.92. The monoisotopic (exact) mass is 276 g/mol. The number of nitrogens with one attached hydrogen (secondary N) is 2. The minimum atomic E-state index is -0.282. The van der Waals surface area contributed by atoms with Crippen molar-refractivity contribution < 1.29 is 9.53 Å². The van der Waals surface area contributed by atoms with Crippen LogP contribution in [0.15, 0.2) is 23.0 Å². The minimum absolute atomic E-state index is 0.201. The molecule has 1 amide bonds. The Labute approximate surface area is 115 Å². The molecule has 2 N–H and O–H groups in total. The van der Waals surface area contributed by atoms with Gasteiger partial charge < -0.3 is 24.5 Å². The summed E-state index contributed by atoms with van der Waals surface area (Å²) in [4.78, 5) is 32.0. The normalized spacial score (nSPS) is 15.7. The van der Waals surface area contributed by atoms with Gasteiger partial charge in [-0.25, -0.2) is 9.59 Å². The maximum absolute atomic E-state index is 11.4. The molecule has 1 saturated heterocycles. The van der Waals surface area contributed by atoms with Gasteiger partial charge in [0.25, 0.3) is 0 Å². The highest BCUT2D eigenvalue weighted by molar-refractivity contribution is 5.79. The zero-order valence-electron chi connectivity index (χ0n) is 11.2. The first-order chi connectivity index (χ1) is 9.67. The molecule has 7 nitrogen and oxygen atoms in total. The Balaban J connectivity index is 1.76. The molecule has 0 atom stereocenters. The van der Waals surface area contributed by atoms with E-state index < -0.39 is 0 Å². The van der Waals surface area contributed by atoms with Crippen molar-refractivity contribution in [3.8, 4) is 0 Å². The number of hydrogen-bond acceptors (Lipinski definition) is 4. The fourth-order valence-corrected chi connectivity index (χ4v) is 2.49. The van der Waals surface area contributed by atoms with E-state index in [1.54, 1.807) is 4.90 Å². The van der Waals surface area contributed by atoms with Crippen LogP contribution in [0, 0.1) is 0 Å². The third-order valence-corrected chi connectivity index (χ3v) is 3.58. The zero-order valence-corrected chi connectivity index (χ0v) is 11.2. The average Bonchev–Trinajstić information content (AvgIpc) is 2.85. The quantitative estimate of drug-likeness (QED) is 0.805. The fourth-order valence-electron chi connectivity index (χ4n) is 2.49. The Morgan fingerprint density at radius 3 is 2.55 bits per heavy atom. The number of piperazine rings is 1. The summed E-state index contributed by atoms with van der Waals surface area (Å²) in [5, 5.41) is 0. The molecule has 20 heavy (non-hydrogen) atoms. The SMILES string of the molecule is COC(=O)N1CCN(c2ccc3[nH]c(=O)[nH]c3c2)CC1. The van der Waals surface area contributed by atoms with Gasteiger partial charge in [0.2, 0.25) is 0 Å². The molecule has 0 unspecified atom stereocenters. The summed E-state index contributed by atoms with van der Waals surface area (Å²) in [5.74, 6) is 0. The first-order valence-corrected chi connectivity index (χ1v) is 6.47. The molecule has 0 bridgehead atoms. The van der Waals surface area contributed by atoms with E-state index in [-0.39, 0.29) is 11.8 Å². The fraction of sp³-hybridized carbons (Fsp3) is 0.385. The van der Waals surface area contributed by atoms with Gasteiger partial charge >= 0.3 is 11.8 Å². The molecule has 1 aliphatic heterocycles. The van der Waals surface area contributed by atoms with Crippen LogP contribution in [-0.4, -0.2) is 54.2 Å². The summed E-state index contributed by atoms with van der Waals surface area (Å²) in [6, 6.07) is 5.80. The molecular formula is C13H16N4O3. The molecule has 7 heteroatoms. The Bertz CT molecular complexity index is 682. The lowest BCUT2D eigenvalue weighted by molar-refractivity contribution is 0.121. The van der Waals surface area contributed by atoms with Crippen LogP contribution in [-0.2, 0) is 4.74 Å². The lowest BCUT2D eigenvalue weighted by atomic mass is 10.2. The van der Waals surface area contributed by atoms with Gasteiger partial charge in [0.15, 0.2) is 0 Å². The standard InChI is InChI=1S/C13H16N4O3/c1-20-13(19)17-6-4-16(5-7-17)9-2-3-10-11(8-9)15-12(18)14-10/h2-3,8H,4-7H2,1H3,(H2,14,15,18). The van der Waals surface area contributed by atoms with Crippen molar-refractivity contribution in [2.75, 3.05) is 38.2 Å². The number of methoxy groups -OCH3 is 1. The van der Waals surface area contributed by atoms with E-state index in [9.17, 15) is 9.59 Å². The molecule has 2 heterocycles. The molecule has 2 aromatic rings. The minimum Gasteiger partial charge on any atom is -0.453 e. The summed E-state index contributed by atoms with van der Waals surface area (Å²) in [6.45, 7) is 2.76. The predicted octanol–water partition coefficient (Wildman–Crippen LogP) is 0.745. The smallest absolute Gasteiger partial charge is 0.409 e. The van der Waals surface area contributed by atoms with E-state index in [2.05, 4.69) is 14.9 Å². The highest BCUT2D eigenvalue weighted by atomic mass is 16.5. The lowest BCUT2D eigenvalue weighted by Gasteiger charge is -2.35. The first kappa shape index (κ1) is 12.6. The van der Waals surface area contributed by atoms with E-state index in [4.69, 9.17) is 4.74 Å². The van der Waals surface area contributed by atoms with Crippen molar-refractivity contribution in [2.24, 2.45) is 0 Å². The number of amides is 1. The molecule has 106 valence electrons. The first-order valence-electron chi connectivity index (χ1n) is 6.47. The van der Waals surface area contributed by atoms with Crippen molar-refractivity contribution in [2.45, 2.75) is 0 Å². The number of imidazole rings is 1. The number of rotatable bonds is 1. The number of anilines is 1. The van der Waals surface area contributed by atoms with Crippen LogP contribution < -0.4 is 10.6 Å². The predicted molar refractivity (Wildman–Crippen MR) is 75.1 cm³/mol. The topological polar surface area (TPSA) is 81.4 Å². The van der Waals surface area contributed by atoms with Gasteiger partial charge in [0, 0.05) is 31.9 Å².